The number of halogens is 3. The molecule has 2 aromatic carbocycles. The summed E-state index contributed by atoms with van der Waals surface area (Å²) in [5.74, 6) is -1.29. The fourth-order valence-electron chi connectivity index (χ4n) is 1.99. The molecule has 0 fully saturated rings. The van der Waals surface area contributed by atoms with Gasteiger partial charge in [0, 0.05) is 18.2 Å². The molecule has 27 heavy (non-hydrogen) atoms. The summed E-state index contributed by atoms with van der Waals surface area (Å²) in [7, 11) is -4.25. The van der Waals surface area contributed by atoms with Crippen molar-refractivity contribution in [3.8, 4) is 0 Å². The number of carbonyl (C=O) groups excluding carboxylic acids is 2. The van der Waals surface area contributed by atoms with Gasteiger partial charge < -0.3 is 0 Å². The largest absolute Gasteiger partial charge is 0.416 e. The molecule has 0 aliphatic carbocycles. The topological polar surface area (TPSA) is 104 Å². The number of hydrogen-bond donors (Lipinski definition) is 3. The lowest BCUT2D eigenvalue weighted by Crippen LogP contribution is -2.40. The van der Waals surface area contributed by atoms with Crippen molar-refractivity contribution < 1.29 is 31.2 Å². The Labute approximate surface area is 152 Å². The molecule has 7 nitrogen and oxygen atoms in total. The Morgan fingerprint density at radius 1 is 0.963 bits per heavy atom. The van der Waals surface area contributed by atoms with Crippen LogP contribution in [0.4, 0.5) is 18.9 Å². The second kappa shape index (κ2) is 7.66. The minimum Gasteiger partial charge on any atom is -0.280 e. The Morgan fingerprint density at radius 2 is 1.63 bits per heavy atom. The van der Waals surface area contributed by atoms with Gasteiger partial charge in [-0.15, -0.1) is 0 Å². The van der Waals surface area contributed by atoms with Crippen LogP contribution in [0.5, 0.6) is 0 Å². The summed E-state index contributed by atoms with van der Waals surface area (Å²) in [5.41, 5.74) is 2.76. The molecular formula is C16H14F3N3O4S. The molecule has 0 aliphatic rings. The Bertz CT molecular complexity index is 975. The number of hydrogen-bond acceptors (Lipinski definition) is 4. The number of alkyl halides is 3. The summed E-state index contributed by atoms with van der Waals surface area (Å²) < 4.78 is 65.1. The van der Waals surface area contributed by atoms with Crippen molar-refractivity contribution in [2.45, 2.75) is 18.0 Å². The first kappa shape index (κ1) is 20.2. The van der Waals surface area contributed by atoms with Crippen LogP contribution in [0.2, 0.25) is 0 Å². The maximum absolute atomic E-state index is 12.7. The van der Waals surface area contributed by atoms with E-state index < -0.39 is 33.6 Å². The van der Waals surface area contributed by atoms with Gasteiger partial charge >= 0.3 is 6.18 Å². The number of carbonyl (C=O) groups is 2. The van der Waals surface area contributed by atoms with Crippen LogP contribution in [-0.4, -0.2) is 20.2 Å². The summed E-state index contributed by atoms with van der Waals surface area (Å²) in [6.07, 6.45) is -4.62. The lowest BCUT2D eigenvalue weighted by Gasteiger charge is -2.12. The first-order chi connectivity index (χ1) is 12.5. The van der Waals surface area contributed by atoms with Gasteiger partial charge in [0.15, 0.2) is 0 Å². The predicted molar refractivity (Wildman–Crippen MR) is 90.0 cm³/mol. The zero-order chi connectivity index (χ0) is 20.2. The third-order valence-corrected chi connectivity index (χ3v) is 4.58. The third-order valence-electron chi connectivity index (χ3n) is 3.20. The smallest absolute Gasteiger partial charge is 0.280 e. The molecule has 0 atom stereocenters. The monoisotopic (exact) mass is 401 g/mol. The van der Waals surface area contributed by atoms with Crippen molar-refractivity contribution in [1.82, 2.24) is 10.9 Å². The molecule has 0 heterocycles. The molecular weight excluding hydrogens is 387 g/mol. The van der Waals surface area contributed by atoms with Crippen LogP contribution < -0.4 is 15.6 Å². The molecule has 2 rings (SSSR count). The highest BCUT2D eigenvalue weighted by Gasteiger charge is 2.30. The fraction of sp³-hybridized carbons (Fsp3) is 0.125. The summed E-state index contributed by atoms with van der Waals surface area (Å²) >= 11 is 0. The molecule has 11 heteroatoms. The van der Waals surface area contributed by atoms with Crippen LogP contribution in [0.15, 0.2) is 53.4 Å². The van der Waals surface area contributed by atoms with Gasteiger partial charge in [0.05, 0.1) is 10.5 Å². The minimum atomic E-state index is -4.62. The molecule has 0 aromatic heterocycles. The van der Waals surface area contributed by atoms with Crippen molar-refractivity contribution in [2.24, 2.45) is 0 Å². The first-order valence-corrected chi connectivity index (χ1v) is 8.84. The van der Waals surface area contributed by atoms with Crippen LogP contribution in [-0.2, 0) is 21.0 Å². The van der Waals surface area contributed by atoms with Gasteiger partial charge in [0.1, 0.15) is 0 Å². The van der Waals surface area contributed by atoms with Crippen molar-refractivity contribution in [2.75, 3.05) is 4.72 Å². The lowest BCUT2D eigenvalue weighted by molar-refractivity contribution is -0.137. The van der Waals surface area contributed by atoms with Crippen LogP contribution in [0.25, 0.3) is 0 Å². The van der Waals surface area contributed by atoms with E-state index in [1.54, 1.807) is 0 Å². The molecule has 0 bridgehead atoms. The molecule has 0 spiro atoms. The Morgan fingerprint density at radius 3 is 2.26 bits per heavy atom. The standard InChI is InChI=1S/C16H14F3N3O4S/c1-10(23)20-21-15(24)11-4-2-7-14(8-11)27(25,26)22-13-6-3-5-12(9-13)16(17,18)19/h2-9,22H,1H3,(H,20,23)(H,21,24). The summed E-state index contributed by atoms with van der Waals surface area (Å²) in [6.45, 7) is 1.17. The van der Waals surface area contributed by atoms with Crippen LogP contribution in [0.3, 0.4) is 0 Å². The Kier molecular flexibility index (Phi) is 5.74. The fourth-order valence-corrected chi connectivity index (χ4v) is 3.09. The number of amides is 2. The average molecular weight is 401 g/mol. The van der Waals surface area contributed by atoms with E-state index in [-0.39, 0.29) is 16.1 Å². The highest BCUT2D eigenvalue weighted by molar-refractivity contribution is 7.92. The van der Waals surface area contributed by atoms with E-state index in [2.05, 4.69) is 10.9 Å². The van der Waals surface area contributed by atoms with Gasteiger partial charge in [-0.1, -0.05) is 12.1 Å². The number of nitrogens with one attached hydrogen (secondary N) is 3. The van der Waals surface area contributed by atoms with E-state index in [0.29, 0.717) is 6.07 Å². The number of sulfonamides is 1. The van der Waals surface area contributed by atoms with E-state index in [4.69, 9.17) is 0 Å². The highest BCUT2D eigenvalue weighted by atomic mass is 32.2. The van der Waals surface area contributed by atoms with Crippen LogP contribution in [0, 0.1) is 0 Å². The lowest BCUT2D eigenvalue weighted by atomic mass is 10.2. The van der Waals surface area contributed by atoms with Gasteiger partial charge in [-0.2, -0.15) is 13.2 Å². The SMILES string of the molecule is CC(=O)NNC(=O)c1cccc(S(=O)(=O)Nc2cccc(C(F)(F)F)c2)c1. The minimum absolute atomic E-state index is 0.0735. The Hall–Kier alpha value is -3.08. The van der Waals surface area contributed by atoms with E-state index >= 15 is 0 Å². The maximum Gasteiger partial charge on any atom is 0.416 e. The van der Waals surface area contributed by atoms with Crippen molar-refractivity contribution >= 4 is 27.5 Å². The highest BCUT2D eigenvalue weighted by Crippen LogP contribution is 2.31. The number of anilines is 1. The summed E-state index contributed by atoms with van der Waals surface area (Å²) in [6, 6.07) is 8.48. The average Bonchev–Trinajstić information content (AvgIpc) is 2.59. The second-order valence-electron chi connectivity index (χ2n) is 5.35. The summed E-state index contributed by atoms with van der Waals surface area (Å²) in [5, 5.41) is 0. The molecule has 0 aliphatic heterocycles. The molecule has 0 radical (unpaired) electrons. The zero-order valence-electron chi connectivity index (χ0n) is 13.8. The van der Waals surface area contributed by atoms with Crippen molar-refractivity contribution in [3.63, 3.8) is 0 Å². The van der Waals surface area contributed by atoms with E-state index in [1.807, 2.05) is 4.72 Å². The van der Waals surface area contributed by atoms with Crippen LogP contribution >= 0.6 is 0 Å². The zero-order valence-corrected chi connectivity index (χ0v) is 14.6. The van der Waals surface area contributed by atoms with Crippen molar-refractivity contribution in [1.29, 1.82) is 0 Å². The number of hydrazine groups is 1. The van der Waals surface area contributed by atoms with Gasteiger partial charge in [0.25, 0.3) is 15.9 Å². The summed E-state index contributed by atoms with van der Waals surface area (Å²) in [4.78, 5) is 22.3. The molecule has 3 N–H and O–H groups in total. The molecule has 0 unspecified atom stereocenters. The maximum atomic E-state index is 12.7. The normalized spacial score (nSPS) is 11.6. The number of rotatable bonds is 4. The molecule has 0 saturated heterocycles. The molecule has 2 aromatic rings. The van der Waals surface area contributed by atoms with Gasteiger partial charge in [-0.25, -0.2) is 8.42 Å². The van der Waals surface area contributed by atoms with E-state index in [1.165, 1.54) is 31.2 Å². The Balaban J connectivity index is 2.26. The third kappa shape index (κ3) is 5.45. The van der Waals surface area contributed by atoms with E-state index in [0.717, 1.165) is 18.2 Å². The molecule has 0 saturated carbocycles. The van der Waals surface area contributed by atoms with Gasteiger partial charge in [-0.05, 0) is 36.4 Å². The first-order valence-electron chi connectivity index (χ1n) is 7.36. The molecule has 144 valence electrons. The van der Waals surface area contributed by atoms with Crippen LogP contribution in [0.1, 0.15) is 22.8 Å². The van der Waals surface area contributed by atoms with Gasteiger partial charge in [0.2, 0.25) is 5.91 Å². The van der Waals surface area contributed by atoms with Crippen molar-refractivity contribution in [3.05, 3.63) is 59.7 Å². The molecule has 2 amide bonds. The van der Waals surface area contributed by atoms with Gasteiger partial charge in [-0.3, -0.25) is 25.2 Å². The van der Waals surface area contributed by atoms with E-state index in [9.17, 15) is 31.2 Å². The second-order valence-corrected chi connectivity index (χ2v) is 7.03. The quantitative estimate of drug-likeness (QED) is 0.684. The number of benzene rings is 2. The predicted octanol–water partition coefficient (Wildman–Crippen LogP) is 2.29.